The molecule has 0 fully saturated rings. The Morgan fingerprint density at radius 3 is 2.73 bits per heavy atom. The largest absolute Gasteiger partial charge is 0.468 e. The Bertz CT molecular complexity index is 243. The number of rotatable bonds is 7. The quantitative estimate of drug-likeness (QED) is 0.689. The highest BCUT2D eigenvalue weighted by atomic mass is 16.3. The maximum atomic E-state index is 5.36. The molecular weight excluding hydrogens is 186 g/mol. The molecule has 0 bridgehead atoms. The van der Waals surface area contributed by atoms with Crippen molar-refractivity contribution in [1.82, 2.24) is 5.32 Å². The number of unbranched alkanes of at least 4 members (excludes halogenated alkanes) is 2. The van der Waals surface area contributed by atoms with Crippen LogP contribution in [0.4, 0.5) is 0 Å². The Morgan fingerprint density at radius 1 is 1.33 bits per heavy atom. The fourth-order valence-electron chi connectivity index (χ4n) is 1.83. The molecule has 86 valence electrons. The minimum Gasteiger partial charge on any atom is -0.468 e. The van der Waals surface area contributed by atoms with Crippen LogP contribution >= 0.6 is 0 Å². The van der Waals surface area contributed by atoms with Crippen LogP contribution < -0.4 is 5.32 Å². The third kappa shape index (κ3) is 4.52. The van der Waals surface area contributed by atoms with Crippen molar-refractivity contribution in [3.05, 3.63) is 24.2 Å². The van der Waals surface area contributed by atoms with E-state index < -0.39 is 0 Å². The molecule has 1 aromatic heterocycles. The summed E-state index contributed by atoms with van der Waals surface area (Å²) >= 11 is 0. The van der Waals surface area contributed by atoms with Crippen LogP contribution in [0.1, 0.15) is 58.3 Å². The van der Waals surface area contributed by atoms with Crippen molar-refractivity contribution in [3.63, 3.8) is 0 Å². The van der Waals surface area contributed by atoms with Gasteiger partial charge >= 0.3 is 0 Å². The predicted molar refractivity (Wildman–Crippen MR) is 63.9 cm³/mol. The van der Waals surface area contributed by atoms with Gasteiger partial charge in [-0.3, -0.25) is 0 Å². The highest BCUT2D eigenvalue weighted by Gasteiger charge is 2.10. The van der Waals surface area contributed by atoms with Crippen LogP contribution in [-0.2, 0) is 0 Å². The molecule has 1 N–H and O–H groups in total. The standard InChI is InChI=1S/C13H23NO/c1-4-5-6-8-11(2)14-12(3)13-9-7-10-15-13/h7,9-12,14H,4-6,8H2,1-3H3. The van der Waals surface area contributed by atoms with Gasteiger partial charge in [0.25, 0.3) is 0 Å². The molecule has 0 saturated carbocycles. The summed E-state index contributed by atoms with van der Waals surface area (Å²) in [5.41, 5.74) is 0. The van der Waals surface area contributed by atoms with Crippen molar-refractivity contribution in [2.75, 3.05) is 0 Å². The van der Waals surface area contributed by atoms with Crippen LogP contribution in [0.25, 0.3) is 0 Å². The first-order chi connectivity index (χ1) is 7.24. The molecule has 2 heteroatoms. The van der Waals surface area contributed by atoms with Gasteiger partial charge in [0, 0.05) is 6.04 Å². The van der Waals surface area contributed by atoms with E-state index >= 15 is 0 Å². The Labute approximate surface area is 93.1 Å². The van der Waals surface area contributed by atoms with E-state index in [-0.39, 0.29) is 0 Å². The number of furan rings is 1. The molecule has 1 rings (SSSR count). The molecule has 2 atom stereocenters. The number of hydrogen-bond donors (Lipinski definition) is 1. The highest BCUT2D eigenvalue weighted by Crippen LogP contribution is 2.14. The van der Waals surface area contributed by atoms with E-state index in [0.29, 0.717) is 12.1 Å². The summed E-state index contributed by atoms with van der Waals surface area (Å²) in [6, 6.07) is 4.85. The molecule has 0 saturated heterocycles. The van der Waals surface area contributed by atoms with Crippen molar-refractivity contribution >= 4 is 0 Å². The molecule has 15 heavy (non-hydrogen) atoms. The molecule has 0 radical (unpaired) electrons. The van der Waals surface area contributed by atoms with E-state index in [4.69, 9.17) is 4.42 Å². The Hall–Kier alpha value is -0.760. The monoisotopic (exact) mass is 209 g/mol. The predicted octanol–water partition coefficient (Wildman–Crippen LogP) is 3.90. The van der Waals surface area contributed by atoms with Crippen LogP contribution in [0.3, 0.4) is 0 Å². The maximum Gasteiger partial charge on any atom is 0.120 e. The summed E-state index contributed by atoms with van der Waals surface area (Å²) in [6.07, 6.45) is 6.92. The van der Waals surface area contributed by atoms with Gasteiger partial charge in [0.2, 0.25) is 0 Å². The van der Waals surface area contributed by atoms with E-state index in [2.05, 4.69) is 26.1 Å². The Morgan fingerprint density at radius 2 is 2.13 bits per heavy atom. The van der Waals surface area contributed by atoms with Gasteiger partial charge in [-0.25, -0.2) is 0 Å². The van der Waals surface area contributed by atoms with E-state index in [1.807, 2.05) is 12.1 Å². The van der Waals surface area contributed by atoms with Gasteiger partial charge in [-0.1, -0.05) is 26.2 Å². The first-order valence-electron chi connectivity index (χ1n) is 6.03. The van der Waals surface area contributed by atoms with Crippen LogP contribution in [-0.4, -0.2) is 6.04 Å². The molecule has 0 aliphatic heterocycles. The molecule has 0 amide bonds. The summed E-state index contributed by atoms with van der Waals surface area (Å²) in [5.74, 6) is 1.03. The SMILES string of the molecule is CCCCCC(C)NC(C)c1ccco1. The topological polar surface area (TPSA) is 25.2 Å². The summed E-state index contributed by atoms with van der Waals surface area (Å²) in [4.78, 5) is 0. The zero-order valence-corrected chi connectivity index (χ0v) is 10.1. The zero-order valence-electron chi connectivity index (χ0n) is 10.1. The second-order valence-corrected chi connectivity index (χ2v) is 4.30. The van der Waals surface area contributed by atoms with Crippen molar-refractivity contribution in [2.24, 2.45) is 0 Å². The van der Waals surface area contributed by atoms with E-state index in [0.717, 1.165) is 5.76 Å². The third-order valence-corrected chi connectivity index (χ3v) is 2.75. The molecule has 0 aromatic carbocycles. The lowest BCUT2D eigenvalue weighted by Crippen LogP contribution is -2.28. The fourth-order valence-corrected chi connectivity index (χ4v) is 1.83. The van der Waals surface area contributed by atoms with Gasteiger partial charge in [0.15, 0.2) is 0 Å². The van der Waals surface area contributed by atoms with Crippen LogP contribution in [0.5, 0.6) is 0 Å². The summed E-state index contributed by atoms with van der Waals surface area (Å²) < 4.78 is 5.36. The first-order valence-corrected chi connectivity index (χ1v) is 6.03. The van der Waals surface area contributed by atoms with Gasteiger partial charge in [0.05, 0.1) is 12.3 Å². The molecule has 1 heterocycles. The minimum atomic E-state index is 0.316. The van der Waals surface area contributed by atoms with Gasteiger partial charge in [-0.2, -0.15) is 0 Å². The van der Waals surface area contributed by atoms with Crippen molar-refractivity contribution in [2.45, 2.75) is 58.5 Å². The fraction of sp³-hybridized carbons (Fsp3) is 0.692. The average Bonchev–Trinajstić information content (AvgIpc) is 2.70. The summed E-state index contributed by atoms with van der Waals surface area (Å²) in [6.45, 7) is 6.63. The Balaban J connectivity index is 2.22. The second kappa shape index (κ2) is 6.67. The maximum absolute atomic E-state index is 5.36. The van der Waals surface area contributed by atoms with Gasteiger partial charge in [-0.05, 0) is 32.4 Å². The molecule has 0 spiro atoms. The van der Waals surface area contributed by atoms with Gasteiger partial charge in [-0.15, -0.1) is 0 Å². The van der Waals surface area contributed by atoms with E-state index in [1.54, 1.807) is 6.26 Å². The highest BCUT2D eigenvalue weighted by molar-refractivity contribution is 5.03. The molecule has 2 unspecified atom stereocenters. The lowest BCUT2D eigenvalue weighted by atomic mass is 10.1. The van der Waals surface area contributed by atoms with Crippen molar-refractivity contribution < 1.29 is 4.42 Å². The first kappa shape index (κ1) is 12.3. The van der Waals surface area contributed by atoms with E-state index in [9.17, 15) is 0 Å². The molecule has 1 aromatic rings. The smallest absolute Gasteiger partial charge is 0.120 e. The molecule has 0 aliphatic rings. The number of nitrogens with one attached hydrogen (secondary N) is 1. The van der Waals surface area contributed by atoms with Crippen LogP contribution in [0.15, 0.2) is 22.8 Å². The lowest BCUT2D eigenvalue weighted by Gasteiger charge is -2.18. The van der Waals surface area contributed by atoms with E-state index in [1.165, 1.54) is 25.7 Å². The average molecular weight is 209 g/mol. The second-order valence-electron chi connectivity index (χ2n) is 4.30. The molecule has 0 aliphatic carbocycles. The van der Waals surface area contributed by atoms with Crippen molar-refractivity contribution in [3.8, 4) is 0 Å². The molecule has 2 nitrogen and oxygen atoms in total. The van der Waals surface area contributed by atoms with Gasteiger partial charge in [0.1, 0.15) is 5.76 Å². The minimum absolute atomic E-state index is 0.316. The Kier molecular flexibility index (Phi) is 5.48. The summed E-state index contributed by atoms with van der Waals surface area (Å²) in [7, 11) is 0. The number of hydrogen-bond acceptors (Lipinski definition) is 2. The van der Waals surface area contributed by atoms with Crippen LogP contribution in [0.2, 0.25) is 0 Å². The normalized spacial score (nSPS) is 15.1. The summed E-state index contributed by atoms with van der Waals surface area (Å²) in [5, 5.41) is 3.55. The van der Waals surface area contributed by atoms with Crippen molar-refractivity contribution in [1.29, 1.82) is 0 Å². The molecular formula is C13H23NO. The van der Waals surface area contributed by atoms with Gasteiger partial charge < -0.3 is 9.73 Å². The zero-order chi connectivity index (χ0) is 11.1. The lowest BCUT2D eigenvalue weighted by molar-refractivity contribution is 0.382. The van der Waals surface area contributed by atoms with Crippen LogP contribution in [0, 0.1) is 0 Å². The third-order valence-electron chi connectivity index (χ3n) is 2.75.